The summed E-state index contributed by atoms with van der Waals surface area (Å²) in [6.07, 6.45) is 4.83. The normalized spacial score (nSPS) is 12.1. The van der Waals surface area contributed by atoms with E-state index >= 15 is 0 Å². The molecule has 130 heavy (non-hydrogen) atoms. The van der Waals surface area contributed by atoms with Gasteiger partial charge in [0.15, 0.2) is 0 Å². The second kappa shape index (κ2) is 42.6. The van der Waals surface area contributed by atoms with E-state index in [0.717, 1.165) is 97.1 Å². The van der Waals surface area contributed by atoms with Gasteiger partial charge >= 0.3 is 84.3 Å². The van der Waals surface area contributed by atoms with E-state index in [-0.39, 0.29) is 186 Å². The Kier molecular flexibility index (Phi) is 30.4. The zero-order chi connectivity index (χ0) is 95.4. The maximum absolute atomic E-state index is 14.4. The SMILES string of the molecule is CC(C)(c1cc(F)cc(-c2[c-]cc(F)nc2)n1)c1cc(F)cc(-c2[c-]cc(F)nc2)n1.CC(C)(c1cc(F)cc(-c2[c-]cc(F)nc2F)n1)c1cc(F)cc(-c2[c-]cc(F)nc2F)n1.CC(C)(c1cc(F)cc(-c2[c-]ccnc2F)n1)c1cc(F)cc(-c2[c-]ccnc2F)n1.[2H]C([2H])([2H])C(c1cccc(-c2[c-]cc(F)nc2F)n1)(c1cccc(-c2[c-]cc(F)nc2F)n1)C([2H])([2H])[2H].[Pt+2].[Pt+2].[Pt+2].[Pt+2]. The second-order valence-corrected chi connectivity index (χ2v) is 28.4. The Balaban J connectivity index is 0.000000202. The molecule has 0 saturated carbocycles. The van der Waals surface area contributed by atoms with Gasteiger partial charge in [0.2, 0.25) is 0 Å². The molecule has 0 fully saturated rings. The van der Waals surface area contributed by atoms with Crippen molar-refractivity contribution < 1.29 is 172 Å². The molecule has 0 aromatic carbocycles. The Morgan fingerprint density at radius 2 is 0.477 bits per heavy atom. The smallest absolute Gasteiger partial charge is 0.326 e. The number of pyridine rings is 16. The first-order valence-corrected chi connectivity index (χ1v) is 36.4. The summed E-state index contributed by atoms with van der Waals surface area (Å²) in [5.74, 6) is -16.9. The molecule has 0 atom stereocenters. The minimum atomic E-state index is -3.33. The van der Waals surface area contributed by atoms with Crippen molar-refractivity contribution in [2.75, 3.05) is 0 Å². The molecule has 0 N–H and O–H groups in total. The van der Waals surface area contributed by atoms with Crippen molar-refractivity contribution in [1.82, 2.24) is 79.7 Å². The predicted octanol–water partition coefficient (Wildman–Crippen LogP) is 20.6. The summed E-state index contributed by atoms with van der Waals surface area (Å²) < 4.78 is 300. The molecule has 0 unspecified atom stereocenters. The zero-order valence-electron chi connectivity index (χ0n) is 72.5. The van der Waals surface area contributed by atoms with Crippen LogP contribution in [0.25, 0.3) is 90.1 Å². The molecule has 16 rings (SSSR count). The molecule has 0 radical (unpaired) electrons. The fourth-order valence-corrected chi connectivity index (χ4v) is 12.0. The molecule has 16 aromatic rings. The van der Waals surface area contributed by atoms with Crippen LogP contribution in [0.15, 0.2) is 183 Å². The number of nitrogens with zero attached hydrogens (tertiary/aromatic N) is 16. The second-order valence-electron chi connectivity index (χ2n) is 28.4. The topological polar surface area (TPSA) is 206 Å². The summed E-state index contributed by atoms with van der Waals surface area (Å²) in [4.78, 5) is 60.6. The van der Waals surface area contributed by atoms with Crippen LogP contribution >= 0.6 is 0 Å². The van der Waals surface area contributed by atoms with Crippen LogP contribution in [-0.2, 0) is 106 Å². The summed E-state index contributed by atoms with van der Waals surface area (Å²) in [6, 6.07) is 48.0. The number of hydrogen-bond acceptors (Lipinski definition) is 16. The third-order valence-electron chi connectivity index (χ3n) is 18.6. The Bertz CT molecular complexity index is 6650. The number of rotatable bonds is 16. The number of halogens is 18. The first-order chi connectivity index (χ1) is 62.3. The van der Waals surface area contributed by atoms with Crippen molar-refractivity contribution in [3.63, 3.8) is 0 Å². The van der Waals surface area contributed by atoms with E-state index in [0.29, 0.717) is 11.1 Å². The monoisotopic (exact) mass is 2510 g/mol. The van der Waals surface area contributed by atoms with E-state index in [9.17, 15) is 79.0 Å². The standard InChI is InChI=1S/C23H12F6N4.3C23H14F4N4.4Pt/c1-23(2,17-9-11(24)7-15(30-17)13-3-5-19(26)32-21(13)28)18-10-12(25)8-16(31-18)14-4-6-20(27)33-22(14)29;1-23(2,19-9-15(24)7-17(30-19)13-3-5-21(26)28-11-13)20-10-16(25)8-18(31-20)14-4-6-22(27)29-12-14;1-23(2,19-11-13(24)9-17(30-19)15-5-3-7-28-21(15)26)20-12-14(25)10-18(31-20)16-6-4-8-29-22(16)27;1-23(2,17-7-3-5-15(28-17)13-9-11-19(24)30-21(13)26)18-8-4-6-16(29-18)14-10-12-20(25)31-22(14)27;;;;/h5-10H,1-2H3;5-12H,1-2H3;3-4,7-12H,1-2H3;3-8,11-12H,1-2H3;;;;/q4*-2;4*+2/i;;;1D3,2D3;;;;. The minimum Gasteiger partial charge on any atom is -0.326 e. The summed E-state index contributed by atoms with van der Waals surface area (Å²) in [7, 11) is 0. The molecule has 16 nitrogen and oxygen atoms in total. The largest absolute Gasteiger partial charge is 2.00 e. The summed E-state index contributed by atoms with van der Waals surface area (Å²) >= 11 is 0. The minimum absolute atomic E-state index is 0. The van der Waals surface area contributed by atoms with Crippen LogP contribution in [0.3, 0.4) is 0 Å². The van der Waals surface area contributed by atoms with Gasteiger partial charge in [0.05, 0.1) is 0 Å². The molecule has 668 valence electrons. The molecule has 38 heteroatoms. The van der Waals surface area contributed by atoms with Gasteiger partial charge in [0.1, 0.15) is 106 Å². The van der Waals surface area contributed by atoms with Crippen molar-refractivity contribution in [1.29, 1.82) is 0 Å². The number of hydrogen-bond donors (Lipinski definition) is 0. The van der Waals surface area contributed by atoms with Crippen molar-refractivity contribution in [2.24, 2.45) is 0 Å². The van der Waals surface area contributed by atoms with E-state index in [1.54, 1.807) is 27.7 Å². The molecule has 0 aliphatic heterocycles. The molecule has 0 aliphatic rings. The van der Waals surface area contributed by atoms with Gasteiger partial charge in [-0.1, -0.05) is 119 Å². The quantitative estimate of drug-likeness (QED) is 0.0501. The van der Waals surface area contributed by atoms with E-state index in [1.807, 2.05) is 0 Å². The zero-order valence-corrected chi connectivity index (χ0v) is 75.6. The van der Waals surface area contributed by atoms with E-state index in [2.05, 4.69) is 128 Å². The van der Waals surface area contributed by atoms with Gasteiger partial charge in [-0.05, 0) is 186 Å². The molecule has 16 heterocycles. The molecular formula is C92H54F18N16Pt4. The third-order valence-corrected chi connectivity index (χ3v) is 18.6. The van der Waals surface area contributed by atoms with Gasteiger partial charge in [-0.25, -0.2) is 79.0 Å². The van der Waals surface area contributed by atoms with Crippen LogP contribution < -0.4 is 0 Å². The van der Waals surface area contributed by atoms with Gasteiger partial charge in [0.25, 0.3) is 0 Å². The maximum atomic E-state index is 14.4. The van der Waals surface area contributed by atoms with Gasteiger partial charge in [-0.15, -0.1) is 71.8 Å². The number of aromatic nitrogens is 16. The average Bonchev–Trinajstić information content (AvgIpc) is 0.709. The molecule has 0 spiro atoms. The fourth-order valence-electron chi connectivity index (χ4n) is 12.0. The molecule has 0 aliphatic carbocycles. The Morgan fingerprint density at radius 3 is 0.723 bits per heavy atom. The average molecular weight is 2510 g/mol. The van der Waals surface area contributed by atoms with Crippen molar-refractivity contribution in [3.8, 4) is 90.1 Å². The molecule has 0 amide bonds. The van der Waals surface area contributed by atoms with Gasteiger partial charge in [-0.3, -0.25) is 39.9 Å². The Hall–Kier alpha value is -12.1. The van der Waals surface area contributed by atoms with Crippen LogP contribution in [0, 0.1) is 155 Å². The van der Waals surface area contributed by atoms with Crippen molar-refractivity contribution in [2.45, 2.75) is 76.9 Å². The summed E-state index contributed by atoms with van der Waals surface area (Å²) in [6.45, 7) is 3.14. The van der Waals surface area contributed by atoms with Crippen LogP contribution in [0.4, 0.5) is 79.0 Å². The van der Waals surface area contributed by atoms with Crippen LogP contribution in [0.1, 0.15) is 109 Å². The first-order valence-electron chi connectivity index (χ1n) is 39.4. The van der Waals surface area contributed by atoms with Gasteiger partial charge < -0.3 is 39.9 Å². The summed E-state index contributed by atoms with van der Waals surface area (Å²) in [5.41, 5.74) is -8.30. The molecule has 0 saturated heterocycles. The Morgan fingerprint density at radius 1 is 0.238 bits per heavy atom. The van der Waals surface area contributed by atoms with Crippen molar-refractivity contribution >= 4 is 0 Å². The fraction of sp³-hybridized carbons (Fsp3) is 0.130. The van der Waals surface area contributed by atoms with Gasteiger partial charge in [0, 0.05) is 75.4 Å². The predicted molar refractivity (Wildman–Crippen MR) is 418 cm³/mol. The van der Waals surface area contributed by atoms with E-state index in [4.69, 9.17) is 8.22 Å². The maximum Gasteiger partial charge on any atom is 2.00 e. The van der Waals surface area contributed by atoms with Crippen molar-refractivity contribution in [3.05, 3.63) is 383 Å². The van der Waals surface area contributed by atoms with Crippen LogP contribution in [-0.4, -0.2) is 79.7 Å². The van der Waals surface area contributed by atoms with Gasteiger partial charge in [-0.2, -0.15) is 0 Å². The van der Waals surface area contributed by atoms with E-state index < -0.39 is 164 Å². The summed E-state index contributed by atoms with van der Waals surface area (Å²) in [5, 5.41) is 0. The molecule has 16 aromatic heterocycles. The third kappa shape index (κ3) is 23.7. The van der Waals surface area contributed by atoms with Crippen LogP contribution in [0.2, 0.25) is 0 Å². The first kappa shape index (κ1) is 92.6. The Labute approximate surface area is 795 Å². The van der Waals surface area contributed by atoms with E-state index in [1.165, 1.54) is 99.3 Å². The van der Waals surface area contributed by atoms with Crippen LogP contribution in [0.5, 0.6) is 0 Å². The molecule has 0 bridgehead atoms. The molecular weight excluding hydrogens is 2450 g/mol.